The molecule has 2 fully saturated rings. The van der Waals surface area contributed by atoms with Gasteiger partial charge in [-0.1, -0.05) is 0 Å². The molecule has 5 nitrogen and oxygen atoms in total. The number of pyridine rings is 1. The van der Waals surface area contributed by atoms with Crippen molar-refractivity contribution in [3.05, 3.63) is 29.6 Å². The number of aromatic nitrogens is 1. The highest BCUT2D eigenvalue weighted by Gasteiger charge is 2.24. The van der Waals surface area contributed by atoms with E-state index in [9.17, 15) is 4.79 Å². The first-order valence-electron chi connectivity index (χ1n) is 8.23. The molecule has 1 aliphatic carbocycles. The van der Waals surface area contributed by atoms with Crippen LogP contribution in [-0.4, -0.2) is 48.6 Å². The van der Waals surface area contributed by atoms with Gasteiger partial charge in [-0.05, 0) is 50.3 Å². The summed E-state index contributed by atoms with van der Waals surface area (Å²) in [5.74, 6) is 0.622. The smallest absolute Gasteiger partial charge is 0.339 e. The van der Waals surface area contributed by atoms with E-state index in [0.29, 0.717) is 11.6 Å². The molecule has 3 rings (SSSR count). The van der Waals surface area contributed by atoms with E-state index in [-0.39, 0.29) is 5.97 Å². The average molecular weight is 303 g/mol. The summed E-state index contributed by atoms with van der Waals surface area (Å²) in [6, 6.07) is 4.40. The Hall–Kier alpha value is -1.46. The number of esters is 1. The number of nitrogens with zero attached hydrogens (tertiary/aromatic N) is 2. The Bertz CT molecular complexity index is 491. The van der Waals surface area contributed by atoms with E-state index in [2.05, 4.69) is 19.9 Å². The van der Waals surface area contributed by atoms with Crippen LogP contribution in [0.1, 0.15) is 41.7 Å². The van der Waals surface area contributed by atoms with Crippen LogP contribution in [0.5, 0.6) is 0 Å². The predicted octanol–water partition coefficient (Wildman–Crippen LogP) is 1.83. The summed E-state index contributed by atoms with van der Waals surface area (Å²) in [6.07, 6.45) is 6.86. The van der Waals surface area contributed by atoms with E-state index < -0.39 is 0 Å². The van der Waals surface area contributed by atoms with Crippen molar-refractivity contribution >= 4 is 5.97 Å². The fourth-order valence-corrected chi connectivity index (χ4v) is 2.94. The lowest BCUT2D eigenvalue weighted by atomic mass is 10.0. The van der Waals surface area contributed by atoms with E-state index in [0.717, 1.165) is 31.2 Å². The number of carbonyl (C=O) groups excluding carboxylic acids is 1. The van der Waals surface area contributed by atoms with Gasteiger partial charge >= 0.3 is 5.97 Å². The van der Waals surface area contributed by atoms with E-state index in [1.807, 2.05) is 6.07 Å². The summed E-state index contributed by atoms with van der Waals surface area (Å²) in [5.41, 5.74) is 1.52. The van der Waals surface area contributed by atoms with Crippen LogP contribution in [0, 0.1) is 5.92 Å². The molecule has 5 heteroatoms. The highest BCUT2D eigenvalue weighted by molar-refractivity contribution is 5.88. The Labute approximate surface area is 132 Å². The van der Waals surface area contributed by atoms with Crippen molar-refractivity contribution in [2.24, 2.45) is 5.92 Å². The van der Waals surface area contributed by atoms with Crippen molar-refractivity contribution in [3.8, 4) is 0 Å². The van der Waals surface area contributed by atoms with Crippen molar-refractivity contribution in [1.29, 1.82) is 0 Å². The lowest BCUT2D eigenvalue weighted by Crippen LogP contribution is -2.42. The van der Waals surface area contributed by atoms with Gasteiger partial charge in [-0.2, -0.15) is 0 Å². The van der Waals surface area contributed by atoms with Crippen LogP contribution in [0.25, 0.3) is 0 Å². The number of piperidine rings is 1. The van der Waals surface area contributed by atoms with E-state index >= 15 is 0 Å². The Morgan fingerprint density at radius 2 is 2.09 bits per heavy atom. The minimum absolute atomic E-state index is 0.332. The van der Waals surface area contributed by atoms with Gasteiger partial charge in [0.05, 0.1) is 18.4 Å². The van der Waals surface area contributed by atoms with Gasteiger partial charge in [0.15, 0.2) is 0 Å². The standard InChI is InChI=1S/C17H25N3O2/c1-22-17(21)14-4-5-16(19-11-14)12-20-8-6-15(7-9-20)18-10-13-2-3-13/h4-5,11,13,15,18H,2-3,6-10,12H2,1H3. The van der Waals surface area contributed by atoms with Crippen LogP contribution in [0.15, 0.2) is 18.3 Å². The maximum absolute atomic E-state index is 11.4. The third kappa shape index (κ3) is 4.27. The zero-order valence-electron chi connectivity index (χ0n) is 13.3. The largest absolute Gasteiger partial charge is 0.465 e. The molecular formula is C17H25N3O2. The van der Waals surface area contributed by atoms with Gasteiger partial charge in [0.25, 0.3) is 0 Å². The number of ether oxygens (including phenoxy) is 1. The highest BCUT2D eigenvalue weighted by atomic mass is 16.5. The maximum Gasteiger partial charge on any atom is 0.339 e. The van der Waals surface area contributed by atoms with Crippen LogP contribution in [0.2, 0.25) is 0 Å². The third-order valence-electron chi connectivity index (χ3n) is 4.61. The third-order valence-corrected chi connectivity index (χ3v) is 4.61. The lowest BCUT2D eigenvalue weighted by molar-refractivity contribution is 0.0600. The van der Waals surface area contributed by atoms with E-state index in [1.165, 1.54) is 39.3 Å². The second-order valence-corrected chi connectivity index (χ2v) is 6.43. The van der Waals surface area contributed by atoms with Gasteiger partial charge in [0.1, 0.15) is 0 Å². The molecule has 1 aliphatic heterocycles. The van der Waals surface area contributed by atoms with Crippen LogP contribution < -0.4 is 5.32 Å². The predicted molar refractivity (Wildman–Crippen MR) is 84.6 cm³/mol. The minimum Gasteiger partial charge on any atom is -0.465 e. The second-order valence-electron chi connectivity index (χ2n) is 6.43. The van der Waals surface area contributed by atoms with Gasteiger partial charge in [-0.15, -0.1) is 0 Å². The summed E-state index contributed by atoms with van der Waals surface area (Å²) in [6.45, 7) is 4.30. The monoisotopic (exact) mass is 303 g/mol. The Balaban J connectivity index is 1.42. The van der Waals surface area contributed by atoms with Gasteiger partial charge < -0.3 is 10.1 Å². The summed E-state index contributed by atoms with van der Waals surface area (Å²) in [4.78, 5) is 18.2. The van der Waals surface area contributed by atoms with Crippen molar-refractivity contribution in [2.75, 3.05) is 26.7 Å². The zero-order valence-corrected chi connectivity index (χ0v) is 13.3. The van der Waals surface area contributed by atoms with Crippen molar-refractivity contribution in [2.45, 2.75) is 38.3 Å². The molecule has 0 amide bonds. The van der Waals surface area contributed by atoms with Crippen molar-refractivity contribution in [1.82, 2.24) is 15.2 Å². The summed E-state index contributed by atoms with van der Waals surface area (Å²) in [5, 5.41) is 3.70. The van der Waals surface area contributed by atoms with E-state index in [4.69, 9.17) is 0 Å². The quantitative estimate of drug-likeness (QED) is 0.813. The Kier molecular flexibility index (Phi) is 5.05. The van der Waals surface area contributed by atoms with Gasteiger partial charge in [0, 0.05) is 31.9 Å². The first-order valence-corrected chi connectivity index (χ1v) is 8.23. The average Bonchev–Trinajstić information content (AvgIpc) is 3.38. The number of carbonyl (C=O) groups is 1. The molecule has 1 aromatic heterocycles. The van der Waals surface area contributed by atoms with Crippen LogP contribution in [-0.2, 0) is 11.3 Å². The number of hydrogen-bond donors (Lipinski definition) is 1. The number of rotatable bonds is 6. The molecular weight excluding hydrogens is 278 g/mol. The van der Waals surface area contributed by atoms with Gasteiger partial charge in [-0.25, -0.2) is 4.79 Å². The van der Waals surface area contributed by atoms with E-state index in [1.54, 1.807) is 12.3 Å². The molecule has 0 radical (unpaired) electrons. The number of methoxy groups -OCH3 is 1. The molecule has 0 spiro atoms. The SMILES string of the molecule is COC(=O)c1ccc(CN2CCC(NCC3CC3)CC2)nc1. The van der Waals surface area contributed by atoms with Crippen LogP contribution in [0.4, 0.5) is 0 Å². The Morgan fingerprint density at radius 3 is 2.68 bits per heavy atom. The van der Waals surface area contributed by atoms with Crippen LogP contribution in [0.3, 0.4) is 0 Å². The summed E-state index contributed by atoms with van der Waals surface area (Å²) >= 11 is 0. The minimum atomic E-state index is -0.332. The summed E-state index contributed by atoms with van der Waals surface area (Å²) < 4.78 is 4.69. The normalized spacial score (nSPS) is 20.0. The number of nitrogens with one attached hydrogen (secondary N) is 1. The molecule has 1 saturated carbocycles. The first-order chi connectivity index (χ1) is 10.7. The second kappa shape index (κ2) is 7.20. The lowest BCUT2D eigenvalue weighted by Gasteiger charge is -2.32. The Morgan fingerprint density at radius 1 is 1.32 bits per heavy atom. The molecule has 0 aromatic carbocycles. The van der Waals surface area contributed by atoms with Crippen LogP contribution >= 0.6 is 0 Å². The molecule has 0 unspecified atom stereocenters. The van der Waals surface area contributed by atoms with Crippen molar-refractivity contribution in [3.63, 3.8) is 0 Å². The topological polar surface area (TPSA) is 54.5 Å². The molecule has 0 atom stereocenters. The molecule has 120 valence electrons. The molecule has 1 aromatic rings. The molecule has 1 N–H and O–H groups in total. The van der Waals surface area contributed by atoms with Gasteiger partial charge in [-0.3, -0.25) is 9.88 Å². The van der Waals surface area contributed by atoms with Gasteiger partial charge in [0.2, 0.25) is 0 Å². The fraction of sp³-hybridized carbons (Fsp3) is 0.647. The molecule has 1 saturated heterocycles. The number of likely N-dealkylation sites (tertiary alicyclic amines) is 1. The highest BCUT2D eigenvalue weighted by Crippen LogP contribution is 2.28. The molecule has 2 heterocycles. The molecule has 2 aliphatic rings. The molecule has 22 heavy (non-hydrogen) atoms. The first kappa shape index (κ1) is 15.4. The zero-order chi connectivity index (χ0) is 15.4. The van der Waals surface area contributed by atoms with Crippen molar-refractivity contribution < 1.29 is 9.53 Å². The number of hydrogen-bond acceptors (Lipinski definition) is 5. The maximum atomic E-state index is 11.4. The molecule has 0 bridgehead atoms. The summed E-state index contributed by atoms with van der Waals surface area (Å²) in [7, 11) is 1.39. The fourth-order valence-electron chi connectivity index (χ4n) is 2.94.